The van der Waals surface area contributed by atoms with Crippen LogP contribution in [0, 0.1) is 5.92 Å². The number of rotatable bonds is 6. The summed E-state index contributed by atoms with van der Waals surface area (Å²) in [4.78, 5) is 2.27. The first kappa shape index (κ1) is 16.8. The van der Waals surface area contributed by atoms with Crippen molar-refractivity contribution in [1.29, 1.82) is 0 Å². The van der Waals surface area contributed by atoms with Crippen LogP contribution < -0.4 is 10.6 Å². The molecule has 0 aromatic heterocycles. The van der Waals surface area contributed by atoms with Crippen LogP contribution in [0.2, 0.25) is 0 Å². The molecule has 0 aliphatic heterocycles. The van der Waals surface area contributed by atoms with E-state index in [1.165, 1.54) is 18.4 Å². The van der Waals surface area contributed by atoms with Gasteiger partial charge in [0.2, 0.25) is 10.0 Å². The van der Waals surface area contributed by atoms with Gasteiger partial charge in [0.05, 0.1) is 16.3 Å². The Morgan fingerprint density at radius 1 is 1.20 bits per heavy atom. The second kappa shape index (κ2) is 6.45. The Kier molecular flexibility index (Phi) is 5.42. The maximum absolute atomic E-state index is 12.2. The zero-order valence-corrected chi connectivity index (χ0v) is 13.7. The summed E-state index contributed by atoms with van der Waals surface area (Å²) in [6, 6.07) is 4.84. The van der Waals surface area contributed by atoms with Gasteiger partial charge in [-0.1, -0.05) is 13.8 Å². The van der Waals surface area contributed by atoms with Crippen molar-refractivity contribution in [3.8, 4) is 0 Å². The molecule has 0 bridgehead atoms. The lowest BCUT2D eigenvalue weighted by Crippen LogP contribution is -2.24. The van der Waals surface area contributed by atoms with Crippen LogP contribution in [0.4, 0.5) is 11.4 Å². The van der Waals surface area contributed by atoms with Gasteiger partial charge in [0.15, 0.2) is 0 Å². The summed E-state index contributed by atoms with van der Waals surface area (Å²) in [6.07, 6.45) is 1.03. The Morgan fingerprint density at radius 2 is 1.80 bits per heavy atom. The van der Waals surface area contributed by atoms with Gasteiger partial charge >= 0.3 is 0 Å². The summed E-state index contributed by atoms with van der Waals surface area (Å²) in [7, 11) is 1.54. The van der Waals surface area contributed by atoms with Crippen molar-refractivity contribution >= 4 is 21.4 Å². The minimum atomic E-state index is -3.43. The molecule has 0 amide bonds. The van der Waals surface area contributed by atoms with Gasteiger partial charge in [-0.15, -0.1) is 0 Å². The lowest BCUT2D eigenvalue weighted by Gasteiger charge is -2.23. The molecular formula is C14H25N3O2S. The van der Waals surface area contributed by atoms with Crippen molar-refractivity contribution in [3.05, 3.63) is 18.2 Å². The monoisotopic (exact) mass is 299 g/mol. The number of nitrogen functional groups attached to an aromatic ring is 1. The van der Waals surface area contributed by atoms with Crippen LogP contribution >= 0.6 is 0 Å². The van der Waals surface area contributed by atoms with Crippen molar-refractivity contribution in [1.82, 2.24) is 4.31 Å². The Bertz CT molecular complexity index is 554. The number of benzene rings is 1. The molecule has 0 aliphatic rings. The average Bonchev–Trinajstić information content (AvgIpc) is 2.35. The third-order valence-corrected chi connectivity index (χ3v) is 5.04. The molecule has 0 saturated carbocycles. The fourth-order valence-corrected chi connectivity index (χ4v) is 2.72. The van der Waals surface area contributed by atoms with Gasteiger partial charge in [-0.25, -0.2) is 12.7 Å². The van der Waals surface area contributed by atoms with Crippen molar-refractivity contribution < 1.29 is 8.42 Å². The quantitative estimate of drug-likeness (QED) is 0.816. The molecule has 1 aromatic carbocycles. The molecule has 2 N–H and O–H groups in total. The van der Waals surface area contributed by atoms with Gasteiger partial charge in [-0.3, -0.25) is 0 Å². The zero-order chi connectivity index (χ0) is 15.5. The normalized spacial score (nSPS) is 12.2. The van der Waals surface area contributed by atoms with Gasteiger partial charge in [0.1, 0.15) is 0 Å². The first-order chi connectivity index (χ1) is 9.16. The fourth-order valence-electron chi connectivity index (χ4n) is 1.80. The van der Waals surface area contributed by atoms with Crippen LogP contribution in [0.25, 0.3) is 0 Å². The van der Waals surface area contributed by atoms with Crippen molar-refractivity contribution in [2.75, 3.05) is 38.3 Å². The summed E-state index contributed by atoms with van der Waals surface area (Å²) >= 11 is 0. The van der Waals surface area contributed by atoms with E-state index in [2.05, 4.69) is 13.8 Å². The molecule has 114 valence electrons. The molecule has 0 fully saturated rings. The maximum Gasteiger partial charge on any atom is 0.242 e. The second-order valence-corrected chi connectivity index (χ2v) is 7.76. The van der Waals surface area contributed by atoms with Crippen molar-refractivity contribution in [2.24, 2.45) is 5.92 Å². The molecule has 1 aromatic rings. The van der Waals surface area contributed by atoms with E-state index in [4.69, 9.17) is 5.73 Å². The highest BCUT2D eigenvalue weighted by Gasteiger charge is 2.19. The number of sulfonamides is 1. The number of nitrogens with zero attached hydrogens (tertiary/aromatic N) is 2. The van der Waals surface area contributed by atoms with Gasteiger partial charge in [-0.2, -0.15) is 0 Å². The fraction of sp³-hybridized carbons (Fsp3) is 0.571. The van der Waals surface area contributed by atoms with E-state index in [-0.39, 0.29) is 4.90 Å². The van der Waals surface area contributed by atoms with Gasteiger partial charge in [0.25, 0.3) is 0 Å². The van der Waals surface area contributed by atoms with Crippen LogP contribution in [0.15, 0.2) is 23.1 Å². The standard InChI is InChI=1S/C14H25N3O2S/c1-11(2)8-9-17(5)14-10-12(6-7-13(14)15)20(18,19)16(3)4/h6-7,10-11H,8-9,15H2,1-5H3. The van der Waals surface area contributed by atoms with Crippen LogP contribution in [-0.4, -0.2) is 40.4 Å². The molecule has 1 rings (SSSR count). The molecular weight excluding hydrogens is 274 g/mol. The second-order valence-electron chi connectivity index (χ2n) is 5.61. The minimum Gasteiger partial charge on any atom is -0.397 e. The summed E-state index contributed by atoms with van der Waals surface area (Å²) in [5.74, 6) is 0.590. The van der Waals surface area contributed by atoms with E-state index in [0.29, 0.717) is 11.6 Å². The summed E-state index contributed by atoms with van der Waals surface area (Å²) in [5.41, 5.74) is 7.32. The van der Waals surface area contributed by atoms with Crippen molar-refractivity contribution in [2.45, 2.75) is 25.2 Å². The molecule has 6 heteroatoms. The van der Waals surface area contributed by atoms with Crippen LogP contribution in [0.1, 0.15) is 20.3 Å². The molecule has 0 aliphatic carbocycles. The SMILES string of the molecule is CC(C)CCN(C)c1cc(S(=O)(=O)N(C)C)ccc1N. The molecule has 0 unspecified atom stereocenters. The average molecular weight is 299 g/mol. The first-order valence-electron chi connectivity index (χ1n) is 6.69. The van der Waals surface area contributed by atoms with E-state index in [1.54, 1.807) is 18.2 Å². The molecule has 5 nitrogen and oxygen atoms in total. The third-order valence-electron chi connectivity index (χ3n) is 3.23. The molecule has 0 radical (unpaired) electrons. The highest BCUT2D eigenvalue weighted by atomic mass is 32.2. The molecule has 0 heterocycles. The summed E-state index contributed by atoms with van der Waals surface area (Å²) < 4.78 is 25.5. The Balaban J connectivity index is 3.10. The lowest BCUT2D eigenvalue weighted by molar-refractivity contribution is 0.520. The number of hydrogen-bond acceptors (Lipinski definition) is 4. The van der Waals surface area contributed by atoms with Gasteiger partial charge < -0.3 is 10.6 Å². The van der Waals surface area contributed by atoms with Crippen molar-refractivity contribution in [3.63, 3.8) is 0 Å². The number of anilines is 2. The van der Waals surface area contributed by atoms with Crippen LogP contribution in [0.5, 0.6) is 0 Å². The number of nitrogens with two attached hydrogens (primary N) is 1. The van der Waals surface area contributed by atoms with Crippen LogP contribution in [-0.2, 0) is 10.0 Å². The number of hydrogen-bond donors (Lipinski definition) is 1. The summed E-state index contributed by atoms with van der Waals surface area (Å²) in [6.45, 7) is 5.15. The molecule has 20 heavy (non-hydrogen) atoms. The van der Waals surface area contributed by atoms with Gasteiger partial charge in [-0.05, 0) is 30.5 Å². The molecule has 0 saturated heterocycles. The van der Waals surface area contributed by atoms with E-state index in [9.17, 15) is 8.42 Å². The smallest absolute Gasteiger partial charge is 0.242 e. The van der Waals surface area contributed by atoms with E-state index < -0.39 is 10.0 Å². The van der Waals surface area contributed by atoms with E-state index in [0.717, 1.165) is 18.7 Å². The third kappa shape index (κ3) is 3.86. The van der Waals surface area contributed by atoms with Crippen LogP contribution in [0.3, 0.4) is 0 Å². The maximum atomic E-state index is 12.2. The Morgan fingerprint density at radius 3 is 2.30 bits per heavy atom. The first-order valence-corrected chi connectivity index (χ1v) is 8.13. The van der Waals surface area contributed by atoms with E-state index >= 15 is 0 Å². The Labute approximate surface area is 122 Å². The molecule has 0 atom stereocenters. The predicted octanol–water partition coefficient (Wildman–Crippen LogP) is 2.00. The highest BCUT2D eigenvalue weighted by Crippen LogP contribution is 2.27. The topological polar surface area (TPSA) is 66.6 Å². The molecule has 0 spiro atoms. The van der Waals surface area contributed by atoms with Gasteiger partial charge in [0, 0.05) is 27.7 Å². The predicted molar refractivity (Wildman–Crippen MR) is 84.5 cm³/mol. The highest BCUT2D eigenvalue weighted by molar-refractivity contribution is 7.89. The Hall–Kier alpha value is -1.27. The zero-order valence-electron chi connectivity index (χ0n) is 12.9. The summed E-state index contributed by atoms with van der Waals surface area (Å²) in [5, 5.41) is 0. The minimum absolute atomic E-state index is 0.267. The lowest BCUT2D eigenvalue weighted by atomic mass is 10.1. The van der Waals surface area contributed by atoms with E-state index in [1.807, 2.05) is 11.9 Å². The largest absolute Gasteiger partial charge is 0.397 e.